The third-order valence-corrected chi connectivity index (χ3v) is 9.53. The van der Waals surface area contributed by atoms with Crippen LogP contribution in [0.4, 0.5) is 24.8 Å². The first-order valence-electron chi connectivity index (χ1n) is 13.8. The van der Waals surface area contributed by atoms with E-state index in [1.54, 1.807) is 16.7 Å². The molecule has 232 valence electrons. The minimum Gasteiger partial charge on any atom is -0.371 e. The molecule has 2 saturated heterocycles. The summed E-state index contributed by atoms with van der Waals surface area (Å²) in [5.41, 5.74) is -3.77. The molecular formula is C27H32F3N7O5S. The number of halogens is 3. The fraction of sp³-hybridized carbons (Fsp3) is 0.481. The molecule has 12 nitrogen and oxygen atoms in total. The molecule has 4 heterocycles. The highest BCUT2D eigenvalue weighted by Crippen LogP contribution is 2.33. The second-order valence-corrected chi connectivity index (χ2v) is 12.4. The highest BCUT2D eigenvalue weighted by molar-refractivity contribution is 7.90. The lowest BCUT2D eigenvalue weighted by Gasteiger charge is -2.44. The molecule has 0 saturated carbocycles. The van der Waals surface area contributed by atoms with Crippen LogP contribution < -0.4 is 15.2 Å². The van der Waals surface area contributed by atoms with Gasteiger partial charge < -0.3 is 14.9 Å². The summed E-state index contributed by atoms with van der Waals surface area (Å²) in [5, 5.41) is 11.7. The van der Waals surface area contributed by atoms with Crippen molar-refractivity contribution in [2.75, 3.05) is 42.3 Å². The molecule has 2 aromatic heterocycles. The molecule has 0 spiro atoms. The number of aromatic nitrogens is 3. The Hall–Kier alpha value is -3.76. The summed E-state index contributed by atoms with van der Waals surface area (Å²) in [6, 6.07) is 2.94. The Labute approximate surface area is 245 Å². The number of hydrogen-bond donors (Lipinski definition) is 2. The summed E-state index contributed by atoms with van der Waals surface area (Å²) < 4.78 is 73.6. The highest BCUT2D eigenvalue weighted by atomic mass is 32.2. The molecule has 43 heavy (non-hydrogen) atoms. The van der Waals surface area contributed by atoms with Crippen LogP contribution >= 0.6 is 0 Å². The number of pyridine rings is 1. The smallest absolute Gasteiger partial charge is 0.301 e. The Morgan fingerprint density at radius 2 is 1.93 bits per heavy atom. The molecule has 1 aromatic carbocycles. The van der Waals surface area contributed by atoms with Crippen molar-refractivity contribution in [3.05, 3.63) is 46.4 Å². The van der Waals surface area contributed by atoms with Gasteiger partial charge in [-0.25, -0.2) is 18.2 Å². The van der Waals surface area contributed by atoms with E-state index < -0.39 is 56.1 Å². The Morgan fingerprint density at radius 1 is 1.23 bits per heavy atom. The normalized spacial score (nSPS) is 19.1. The van der Waals surface area contributed by atoms with Gasteiger partial charge in [0.15, 0.2) is 5.82 Å². The third kappa shape index (κ3) is 5.65. The summed E-state index contributed by atoms with van der Waals surface area (Å²) in [5.74, 6) is -2.38. The zero-order chi connectivity index (χ0) is 31.3. The van der Waals surface area contributed by atoms with Gasteiger partial charge in [0.25, 0.3) is 5.56 Å². The average molecular weight is 624 g/mol. The number of benzene rings is 1. The first-order chi connectivity index (χ1) is 20.3. The molecule has 0 bridgehead atoms. The largest absolute Gasteiger partial charge is 0.371 e. The molecule has 2 N–H and O–H groups in total. The van der Waals surface area contributed by atoms with E-state index in [1.807, 2.05) is 4.72 Å². The maximum absolute atomic E-state index is 15.7. The molecule has 1 amide bonds. The average Bonchev–Trinajstić information content (AvgIpc) is 3.41. The first kappa shape index (κ1) is 30.7. The van der Waals surface area contributed by atoms with Crippen LogP contribution in [-0.2, 0) is 22.1 Å². The SMILES string of the molecule is CCN(c1ncc2cc(-c3c(F)ccc(NS(=O)(=O)N4CC[C@@H](F)C4)c3F)c(=O)n(C)c2n1)C1(O)CCN(C(C)=O)CC1. The summed E-state index contributed by atoms with van der Waals surface area (Å²) >= 11 is 0. The van der Waals surface area contributed by atoms with Crippen LogP contribution in [0.1, 0.15) is 33.1 Å². The second-order valence-electron chi connectivity index (χ2n) is 10.7. The zero-order valence-electron chi connectivity index (χ0n) is 23.8. The second kappa shape index (κ2) is 11.4. The van der Waals surface area contributed by atoms with Crippen LogP contribution in [0.5, 0.6) is 0 Å². The molecule has 2 fully saturated rings. The number of aryl methyl sites for hydroxylation is 1. The van der Waals surface area contributed by atoms with Gasteiger partial charge in [-0.3, -0.25) is 18.9 Å². The van der Waals surface area contributed by atoms with Crippen LogP contribution in [0.25, 0.3) is 22.2 Å². The van der Waals surface area contributed by atoms with Gasteiger partial charge in [0.05, 0.1) is 16.8 Å². The summed E-state index contributed by atoms with van der Waals surface area (Å²) in [4.78, 5) is 37.2. The first-order valence-corrected chi connectivity index (χ1v) is 15.2. The van der Waals surface area contributed by atoms with Crippen LogP contribution in [0.15, 0.2) is 29.2 Å². The van der Waals surface area contributed by atoms with Gasteiger partial charge >= 0.3 is 10.2 Å². The van der Waals surface area contributed by atoms with Gasteiger partial charge in [-0.05, 0) is 31.5 Å². The summed E-state index contributed by atoms with van der Waals surface area (Å²) in [6.07, 6.45) is 0.526. The van der Waals surface area contributed by atoms with Crippen molar-refractivity contribution in [3.8, 4) is 11.1 Å². The van der Waals surface area contributed by atoms with Gasteiger partial charge in [-0.15, -0.1) is 0 Å². The number of fused-ring (bicyclic) bond motifs is 1. The quantitative estimate of drug-likeness (QED) is 0.382. The number of aliphatic hydroxyl groups is 1. The van der Waals surface area contributed by atoms with Gasteiger partial charge in [-0.1, -0.05) is 0 Å². The topological polar surface area (TPSA) is 141 Å². The molecular weight excluding hydrogens is 591 g/mol. The molecule has 16 heteroatoms. The van der Waals surface area contributed by atoms with E-state index in [0.717, 1.165) is 21.0 Å². The molecule has 5 rings (SSSR count). The lowest BCUT2D eigenvalue weighted by atomic mass is 9.98. The van der Waals surface area contributed by atoms with Crippen molar-refractivity contribution in [1.82, 2.24) is 23.7 Å². The van der Waals surface area contributed by atoms with E-state index in [1.165, 1.54) is 26.2 Å². The van der Waals surface area contributed by atoms with Crippen molar-refractivity contribution in [2.45, 2.75) is 45.0 Å². The number of carbonyl (C=O) groups is 1. The van der Waals surface area contributed by atoms with Crippen molar-refractivity contribution in [2.24, 2.45) is 7.05 Å². The van der Waals surface area contributed by atoms with Gasteiger partial charge in [0.2, 0.25) is 11.9 Å². The van der Waals surface area contributed by atoms with Crippen LogP contribution in [0, 0.1) is 11.6 Å². The predicted molar refractivity (Wildman–Crippen MR) is 153 cm³/mol. The lowest BCUT2D eigenvalue weighted by Crippen LogP contribution is -2.56. The van der Waals surface area contributed by atoms with Crippen molar-refractivity contribution in [1.29, 1.82) is 0 Å². The van der Waals surface area contributed by atoms with Crippen molar-refractivity contribution < 1.29 is 31.5 Å². The number of hydrogen-bond acceptors (Lipinski definition) is 8. The van der Waals surface area contributed by atoms with Crippen LogP contribution in [0.3, 0.4) is 0 Å². The Bertz CT molecular complexity index is 1740. The van der Waals surface area contributed by atoms with Crippen molar-refractivity contribution >= 4 is 38.8 Å². The molecule has 2 aliphatic rings. The Kier molecular flexibility index (Phi) is 8.13. The summed E-state index contributed by atoms with van der Waals surface area (Å²) in [6.45, 7) is 3.79. The predicted octanol–water partition coefficient (Wildman–Crippen LogP) is 2.13. The molecule has 1 atom stereocenters. The van der Waals surface area contributed by atoms with Crippen molar-refractivity contribution in [3.63, 3.8) is 0 Å². The van der Waals surface area contributed by atoms with E-state index in [-0.39, 0.29) is 55.2 Å². The standard InChI is InChI=1S/C27H32F3N7O5S/c1-4-37(27(40)8-11-35(12-9-27)16(2)38)26-31-14-17-13-19(25(39)34(3)24(17)32-26)22-20(29)5-6-21(23(22)30)33-43(41,42)36-10-7-18(28)15-36/h5-6,13-14,18,33,40H,4,7-12,15H2,1-3H3/t18-/m1/s1. The van der Waals surface area contributed by atoms with E-state index >= 15 is 8.78 Å². The number of likely N-dealkylation sites (tertiary alicyclic amines) is 1. The number of nitrogens with zero attached hydrogens (tertiary/aromatic N) is 6. The number of alkyl halides is 1. The monoisotopic (exact) mass is 623 g/mol. The fourth-order valence-corrected chi connectivity index (χ4v) is 6.87. The van der Waals surface area contributed by atoms with E-state index in [0.29, 0.717) is 19.6 Å². The van der Waals surface area contributed by atoms with Gasteiger partial charge in [-0.2, -0.15) is 17.7 Å². The van der Waals surface area contributed by atoms with Crippen LogP contribution in [0.2, 0.25) is 0 Å². The fourth-order valence-electron chi connectivity index (χ4n) is 5.61. The zero-order valence-corrected chi connectivity index (χ0v) is 24.7. The lowest BCUT2D eigenvalue weighted by molar-refractivity contribution is -0.133. The number of anilines is 2. The minimum absolute atomic E-state index is 0.00273. The maximum atomic E-state index is 15.7. The molecule has 0 aliphatic carbocycles. The molecule has 2 aliphatic heterocycles. The number of nitrogens with one attached hydrogen (secondary N) is 1. The molecule has 3 aromatic rings. The van der Waals surface area contributed by atoms with E-state index in [9.17, 15) is 27.5 Å². The molecule has 0 unspecified atom stereocenters. The summed E-state index contributed by atoms with van der Waals surface area (Å²) in [7, 11) is -2.97. The third-order valence-electron chi connectivity index (χ3n) is 8.04. The van der Waals surface area contributed by atoms with E-state index in [4.69, 9.17) is 0 Å². The number of piperidine rings is 1. The Balaban J connectivity index is 1.51. The Morgan fingerprint density at radius 3 is 2.53 bits per heavy atom. The van der Waals surface area contributed by atoms with E-state index in [2.05, 4.69) is 9.97 Å². The number of amides is 1. The van der Waals surface area contributed by atoms with Gasteiger partial charge in [0.1, 0.15) is 23.4 Å². The number of rotatable bonds is 7. The van der Waals surface area contributed by atoms with Crippen LogP contribution in [-0.4, -0.2) is 87.8 Å². The maximum Gasteiger partial charge on any atom is 0.301 e. The highest BCUT2D eigenvalue weighted by Gasteiger charge is 2.39. The number of carbonyl (C=O) groups excluding carboxylic acids is 1. The van der Waals surface area contributed by atoms with Gasteiger partial charge in [0, 0.05) is 71.1 Å². The minimum atomic E-state index is -4.34. The molecule has 0 radical (unpaired) electrons.